The van der Waals surface area contributed by atoms with Crippen molar-refractivity contribution in [1.82, 2.24) is 19.3 Å². The van der Waals surface area contributed by atoms with E-state index >= 15 is 0 Å². The summed E-state index contributed by atoms with van der Waals surface area (Å²) in [5, 5.41) is 9.05. The average molecular weight is 436 g/mol. The number of aryl methyl sites for hydroxylation is 4. The predicted molar refractivity (Wildman–Crippen MR) is 124 cm³/mol. The molecular weight excluding hydrogens is 410 g/mol. The van der Waals surface area contributed by atoms with Crippen LogP contribution in [-0.2, 0) is 4.79 Å². The van der Waals surface area contributed by atoms with Gasteiger partial charge in [-0.25, -0.2) is 9.67 Å². The maximum atomic E-state index is 13.3. The van der Waals surface area contributed by atoms with Crippen LogP contribution < -0.4 is 10.9 Å². The first kappa shape index (κ1) is 21.0. The molecule has 3 aromatic heterocycles. The fraction of sp³-hybridized carbons (Fsp3) is 0.304. The summed E-state index contributed by atoms with van der Waals surface area (Å²) in [4.78, 5) is 31.9. The number of anilines is 1. The molecule has 0 fully saturated rings. The van der Waals surface area contributed by atoms with Crippen LogP contribution in [0.3, 0.4) is 0 Å². The second kappa shape index (κ2) is 8.11. The Bertz CT molecular complexity index is 1310. The van der Waals surface area contributed by atoms with E-state index in [2.05, 4.69) is 10.3 Å². The van der Waals surface area contributed by atoms with E-state index < -0.39 is 6.04 Å². The van der Waals surface area contributed by atoms with Crippen molar-refractivity contribution in [2.75, 3.05) is 5.32 Å². The minimum absolute atomic E-state index is 0.226. The molecule has 0 saturated carbocycles. The first-order valence-electron chi connectivity index (χ1n) is 10.2. The molecule has 1 N–H and O–H groups in total. The molecular formula is C23H25N5O2S. The van der Waals surface area contributed by atoms with E-state index in [0.29, 0.717) is 17.2 Å². The molecule has 31 heavy (non-hydrogen) atoms. The van der Waals surface area contributed by atoms with Gasteiger partial charge in [0.1, 0.15) is 11.7 Å². The van der Waals surface area contributed by atoms with Crippen molar-refractivity contribution in [2.24, 2.45) is 0 Å². The number of thiazole rings is 1. The van der Waals surface area contributed by atoms with Crippen LogP contribution in [0.1, 0.15) is 41.2 Å². The number of aromatic nitrogens is 4. The van der Waals surface area contributed by atoms with Gasteiger partial charge in [-0.1, -0.05) is 25.1 Å². The van der Waals surface area contributed by atoms with Crippen molar-refractivity contribution >= 4 is 33.4 Å². The predicted octanol–water partition coefficient (Wildman–Crippen LogP) is 4.47. The van der Waals surface area contributed by atoms with Gasteiger partial charge < -0.3 is 5.32 Å². The molecule has 4 rings (SSSR count). The number of nitrogens with one attached hydrogen (secondary N) is 1. The molecule has 0 saturated heterocycles. The summed E-state index contributed by atoms with van der Waals surface area (Å²) in [6.07, 6.45) is 0.451. The number of hydrogen-bond acceptors (Lipinski definition) is 5. The highest BCUT2D eigenvalue weighted by Gasteiger charge is 2.26. The summed E-state index contributed by atoms with van der Waals surface area (Å²) >= 11 is 1.43. The van der Waals surface area contributed by atoms with Gasteiger partial charge in [-0.2, -0.15) is 5.10 Å². The molecule has 1 atom stereocenters. The van der Waals surface area contributed by atoms with E-state index in [1.807, 2.05) is 65.0 Å². The number of amides is 1. The van der Waals surface area contributed by atoms with Crippen LogP contribution in [0.5, 0.6) is 0 Å². The molecule has 3 heterocycles. The zero-order valence-electron chi connectivity index (χ0n) is 18.3. The lowest BCUT2D eigenvalue weighted by atomic mass is 10.1. The zero-order chi connectivity index (χ0) is 22.3. The Labute approximate surface area is 184 Å². The number of rotatable bonds is 5. The molecule has 0 spiro atoms. The van der Waals surface area contributed by atoms with Crippen LogP contribution >= 0.6 is 11.3 Å². The van der Waals surface area contributed by atoms with Gasteiger partial charge in [0, 0.05) is 16.3 Å². The topological polar surface area (TPSA) is 81.8 Å². The third kappa shape index (κ3) is 3.67. The van der Waals surface area contributed by atoms with E-state index in [-0.39, 0.29) is 11.5 Å². The molecule has 0 aliphatic heterocycles. The number of para-hydroxylation sites is 1. The second-order valence-electron chi connectivity index (χ2n) is 7.64. The van der Waals surface area contributed by atoms with E-state index in [9.17, 15) is 9.59 Å². The van der Waals surface area contributed by atoms with Crippen molar-refractivity contribution in [3.63, 3.8) is 0 Å². The largest absolute Gasteiger partial charge is 0.300 e. The van der Waals surface area contributed by atoms with Crippen LogP contribution in [-0.4, -0.2) is 25.2 Å². The van der Waals surface area contributed by atoms with Crippen molar-refractivity contribution < 1.29 is 4.79 Å². The molecule has 1 amide bonds. The van der Waals surface area contributed by atoms with Crippen molar-refractivity contribution in [3.05, 3.63) is 68.6 Å². The molecule has 0 aliphatic carbocycles. The normalized spacial score (nSPS) is 12.3. The number of hydrogen-bond donors (Lipinski definition) is 1. The quantitative estimate of drug-likeness (QED) is 0.502. The van der Waals surface area contributed by atoms with E-state index in [1.54, 1.807) is 15.3 Å². The van der Waals surface area contributed by atoms with Crippen LogP contribution in [0.15, 0.2) is 41.2 Å². The fourth-order valence-corrected chi connectivity index (χ4v) is 4.70. The molecule has 0 radical (unpaired) electrons. The van der Waals surface area contributed by atoms with Gasteiger partial charge >= 0.3 is 0 Å². The number of fused-ring (bicyclic) bond motifs is 1. The second-order valence-corrected chi connectivity index (χ2v) is 8.84. The SMILES string of the molecule is CCC(C(=O)Nc1nc(C)c(C)s1)n1c(=O)cc(C)c2c(C)nn(-c3ccccc3)c21. The summed E-state index contributed by atoms with van der Waals surface area (Å²) in [6, 6.07) is 10.5. The highest BCUT2D eigenvalue weighted by molar-refractivity contribution is 7.15. The third-order valence-corrected chi connectivity index (χ3v) is 6.48. The lowest BCUT2D eigenvalue weighted by molar-refractivity contribution is -0.119. The van der Waals surface area contributed by atoms with Gasteiger partial charge in [-0.05, 0) is 51.8 Å². The maximum Gasteiger partial charge on any atom is 0.253 e. The lowest BCUT2D eigenvalue weighted by Gasteiger charge is -2.20. The van der Waals surface area contributed by atoms with Crippen molar-refractivity contribution in [3.8, 4) is 5.69 Å². The molecule has 0 bridgehead atoms. The number of pyridine rings is 1. The van der Waals surface area contributed by atoms with Gasteiger partial charge in [-0.3, -0.25) is 14.2 Å². The molecule has 7 nitrogen and oxygen atoms in total. The smallest absolute Gasteiger partial charge is 0.253 e. The summed E-state index contributed by atoms with van der Waals surface area (Å²) in [6.45, 7) is 9.60. The van der Waals surface area contributed by atoms with Gasteiger partial charge in [-0.15, -0.1) is 11.3 Å². The maximum absolute atomic E-state index is 13.3. The Balaban J connectivity index is 1.91. The Kier molecular flexibility index (Phi) is 5.49. The van der Waals surface area contributed by atoms with Crippen molar-refractivity contribution in [2.45, 2.75) is 47.1 Å². The highest BCUT2D eigenvalue weighted by atomic mass is 32.1. The number of carbonyl (C=O) groups is 1. The van der Waals surface area contributed by atoms with Crippen LogP contribution in [0.2, 0.25) is 0 Å². The monoisotopic (exact) mass is 435 g/mol. The van der Waals surface area contributed by atoms with Crippen LogP contribution in [0.25, 0.3) is 16.7 Å². The number of nitrogens with zero attached hydrogens (tertiary/aromatic N) is 4. The number of carbonyl (C=O) groups excluding carboxylic acids is 1. The lowest BCUT2D eigenvalue weighted by Crippen LogP contribution is -2.34. The Morgan fingerprint density at radius 3 is 2.45 bits per heavy atom. The summed E-state index contributed by atoms with van der Waals surface area (Å²) in [7, 11) is 0. The van der Waals surface area contributed by atoms with Gasteiger partial charge in [0.25, 0.3) is 5.56 Å². The van der Waals surface area contributed by atoms with Crippen LogP contribution in [0, 0.1) is 27.7 Å². The van der Waals surface area contributed by atoms with E-state index in [1.165, 1.54) is 11.3 Å². The Morgan fingerprint density at radius 1 is 1.13 bits per heavy atom. The summed E-state index contributed by atoms with van der Waals surface area (Å²) in [5.41, 5.74) is 3.78. The third-order valence-electron chi connectivity index (χ3n) is 5.50. The molecule has 1 aromatic carbocycles. The Morgan fingerprint density at radius 2 is 1.84 bits per heavy atom. The molecule has 160 valence electrons. The van der Waals surface area contributed by atoms with Gasteiger partial charge in [0.15, 0.2) is 5.13 Å². The molecule has 8 heteroatoms. The minimum atomic E-state index is -0.696. The van der Waals surface area contributed by atoms with Crippen LogP contribution in [0.4, 0.5) is 5.13 Å². The summed E-state index contributed by atoms with van der Waals surface area (Å²) < 4.78 is 3.32. The van der Waals surface area contributed by atoms with E-state index in [4.69, 9.17) is 5.10 Å². The fourth-order valence-electron chi connectivity index (χ4n) is 3.88. The standard InChI is InChI=1S/C23H25N5O2S/c1-6-18(21(30)25-23-24-14(3)16(5)31-23)27-19(29)12-13(2)20-15(4)26-28(22(20)27)17-10-8-7-9-11-17/h7-12,18H,6H2,1-5H3,(H,24,25,30). The summed E-state index contributed by atoms with van der Waals surface area (Å²) in [5.74, 6) is -0.262. The average Bonchev–Trinajstić information content (AvgIpc) is 3.24. The van der Waals surface area contributed by atoms with E-state index in [0.717, 1.165) is 32.9 Å². The highest BCUT2D eigenvalue weighted by Crippen LogP contribution is 2.28. The first-order valence-corrected chi connectivity index (χ1v) is 11.0. The molecule has 1 unspecified atom stereocenters. The zero-order valence-corrected chi connectivity index (χ0v) is 19.1. The van der Waals surface area contributed by atoms with Crippen molar-refractivity contribution in [1.29, 1.82) is 0 Å². The van der Waals surface area contributed by atoms with Gasteiger partial charge in [0.2, 0.25) is 5.91 Å². The molecule has 0 aliphatic rings. The first-order chi connectivity index (χ1) is 14.8. The molecule has 4 aromatic rings. The minimum Gasteiger partial charge on any atom is -0.300 e. The number of benzene rings is 1. The van der Waals surface area contributed by atoms with Gasteiger partial charge in [0.05, 0.1) is 17.1 Å². The Hall–Kier alpha value is -3.26.